The third-order valence-electron chi connectivity index (χ3n) is 1.09. The van der Waals surface area contributed by atoms with Gasteiger partial charge in [0, 0.05) is 11.2 Å². The van der Waals surface area contributed by atoms with Gasteiger partial charge in [-0.2, -0.15) is 8.78 Å². The molecule has 1 nitrogen and oxygen atoms in total. The molecule has 0 heterocycles. The van der Waals surface area contributed by atoms with Gasteiger partial charge in [-0.1, -0.05) is 27.5 Å². The van der Waals surface area contributed by atoms with Gasteiger partial charge in [-0.3, -0.25) is 0 Å². The molecule has 0 bridgehead atoms. The van der Waals surface area contributed by atoms with E-state index in [0.717, 1.165) is 0 Å². The van der Waals surface area contributed by atoms with Crippen molar-refractivity contribution in [2.75, 3.05) is 6.61 Å². The lowest BCUT2D eigenvalue weighted by Crippen LogP contribution is -2.36. The van der Waals surface area contributed by atoms with E-state index in [1.165, 1.54) is 0 Å². The van der Waals surface area contributed by atoms with E-state index in [9.17, 15) is 13.2 Å². The largest absolute Gasteiger partial charge is 0.395 e. The van der Waals surface area contributed by atoms with E-state index in [0.29, 0.717) is 0 Å². The van der Waals surface area contributed by atoms with Gasteiger partial charge in [0.05, 0.1) is 6.61 Å². The molecule has 0 rings (SSSR count). The molecule has 0 aromatic rings. The second kappa shape index (κ2) is 4.48. The highest BCUT2D eigenvalue weighted by molar-refractivity contribution is 9.10. The maximum Gasteiger partial charge on any atom is 0.348 e. The molecule has 0 unspecified atom stereocenters. The minimum atomic E-state index is -3.80. The van der Waals surface area contributed by atoms with Gasteiger partial charge in [0.1, 0.15) is 0 Å². The highest BCUT2D eigenvalue weighted by Gasteiger charge is 2.52. The van der Waals surface area contributed by atoms with Crippen LogP contribution in [-0.2, 0) is 0 Å². The number of alkyl halides is 6. The molecule has 0 aliphatic carbocycles. The predicted molar refractivity (Wildman–Crippen MR) is 48.0 cm³/mol. The Kier molecular flexibility index (Phi) is 4.85. The minimum Gasteiger partial charge on any atom is -0.395 e. The van der Waals surface area contributed by atoms with Crippen molar-refractivity contribution in [2.45, 2.75) is 21.2 Å². The van der Waals surface area contributed by atoms with Crippen LogP contribution in [0.3, 0.4) is 0 Å². The van der Waals surface area contributed by atoms with Gasteiger partial charge in [-0.05, 0) is 15.9 Å². The summed E-state index contributed by atoms with van der Waals surface area (Å²) < 4.78 is 37.5. The van der Waals surface area contributed by atoms with Crippen LogP contribution in [0.1, 0.15) is 6.42 Å². The van der Waals surface area contributed by atoms with Crippen molar-refractivity contribution in [1.82, 2.24) is 0 Å². The van der Waals surface area contributed by atoms with Crippen LogP contribution in [0.4, 0.5) is 13.2 Å². The number of aliphatic hydroxyl groups is 1. The Morgan fingerprint density at radius 3 is 2.08 bits per heavy atom. The first-order valence-corrected chi connectivity index (χ1v) is 4.99. The highest BCUT2D eigenvalue weighted by Crippen LogP contribution is 2.44. The summed E-state index contributed by atoms with van der Waals surface area (Å²) in [5, 5.41) is 5.24. The Balaban J connectivity index is 4.22. The Morgan fingerprint density at radius 1 is 1.42 bits per heavy atom. The number of rotatable bonds is 4. The molecule has 0 aliphatic rings. The molecule has 0 saturated carbocycles. The van der Waals surface area contributed by atoms with Crippen molar-refractivity contribution in [3.05, 3.63) is 0 Å². The second-order valence-corrected chi connectivity index (χ2v) is 5.08. The summed E-state index contributed by atoms with van der Waals surface area (Å²) in [4.78, 5) is -4.59. The fourth-order valence-corrected chi connectivity index (χ4v) is 1.44. The number of aliphatic hydroxyl groups excluding tert-OH is 1. The standard InChI is InChI=1S/C5H6Br2ClF3O/c6-3(2-12)1-4(8,9)5(7,10)11/h3,12H,1-2H2/t3-,4+/m0/s1. The maximum absolute atomic E-state index is 12.9. The molecule has 74 valence electrons. The van der Waals surface area contributed by atoms with Crippen molar-refractivity contribution >= 4 is 43.5 Å². The van der Waals surface area contributed by atoms with Crippen LogP contribution in [0.15, 0.2) is 0 Å². The van der Waals surface area contributed by atoms with E-state index < -0.39 is 27.8 Å². The summed E-state index contributed by atoms with van der Waals surface area (Å²) in [7, 11) is 0. The molecule has 0 saturated heterocycles. The van der Waals surface area contributed by atoms with E-state index in [-0.39, 0.29) is 0 Å². The lowest BCUT2D eigenvalue weighted by atomic mass is 10.2. The molecular weight excluding hydrogens is 328 g/mol. The molecule has 7 heteroatoms. The van der Waals surface area contributed by atoms with Gasteiger partial charge < -0.3 is 5.11 Å². The number of hydrogen-bond donors (Lipinski definition) is 1. The lowest BCUT2D eigenvalue weighted by Gasteiger charge is -2.24. The first kappa shape index (κ1) is 13.0. The summed E-state index contributed by atoms with van der Waals surface area (Å²) in [6.45, 7) is -0.457. The van der Waals surface area contributed by atoms with Crippen molar-refractivity contribution < 1.29 is 18.3 Å². The summed E-state index contributed by atoms with van der Waals surface area (Å²) in [6, 6.07) is 0. The van der Waals surface area contributed by atoms with E-state index in [1.54, 1.807) is 0 Å². The highest BCUT2D eigenvalue weighted by atomic mass is 79.9. The zero-order valence-electron chi connectivity index (χ0n) is 5.71. The van der Waals surface area contributed by atoms with Gasteiger partial charge in [-0.15, -0.1) is 0 Å². The summed E-state index contributed by atoms with van der Waals surface area (Å²) in [6.07, 6.45) is -0.691. The summed E-state index contributed by atoms with van der Waals surface area (Å²) in [5.41, 5.74) is 0. The third kappa shape index (κ3) is 3.81. The van der Waals surface area contributed by atoms with Crippen molar-refractivity contribution in [3.8, 4) is 0 Å². The van der Waals surface area contributed by atoms with Crippen LogP contribution < -0.4 is 0 Å². The fourth-order valence-electron chi connectivity index (χ4n) is 0.458. The Morgan fingerprint density at radius 2 is 1.83 bits per heavy atom. The lowest BCUT2D eigenvalue weighted by molar-refractivity contribution is -0.0110. The zero-order chi connectivity index (χ0) is 9.99. The quantitative estimate of drug-likeness (QED) is 0.784. The third-order valence-corrected chi connectivity index (χ3v) is 2.95. The Hall–Kier alpha value is 1.000. The number of hydrogen-bond acceptors (Lipinski definition) is 1. The number of halogens is 6. The van der Waals surface area contributed by atoms with Crippen LogP contribution in [0, 0.1) is 0 Å². The molecule has 0 fully saturated rings. The topological polar surface area (TPSA) is 20.2 Å². The molecule has 12 heavy (non-hydrogen) atoms. The first-order valence-electron chi connectivity index (χ1n) is 2.90. The van der Waals surface area contributed by atoms with Gasteiger partial charge >= 0.3 is 4.83 Å². The normalized spacial score (nSPS) is 20.2. The molecule has 0 aliphatic heterocycles. The molecule has 0 amide bonds. The van der Waals surface area contributed by atoms with Gasteiger partial charge in [0.25, 0.3) is 5.13 Å². The van der Waals surface area contributed by atoms with E-state index in [4.69, 9.17) is 16.7 Å². The van der Waals surface area contributed by atoms with Crippen LogP contribution in [0.25, 0.3) is 0 Å². The molecule has 2 atom stereocenters. The molecule has 1 N–H and O–H groups in total. The minimum absolute atomic E-state index is 0.457. The maximum atomic E-state index is 12.9. The van der Waals surface area contributed by atoms with Gasteiger partial charge in [0.15, 0.2) is 0 Å². The Bertz CT molecular complexity index is 150. The van der Waals surface area contributed by atoms with Crippen LogP contribution >= 0.6 is 43.5 Å². The van der Waals surface area contributed by atoms with Crippen molar-refractivity contribution in [1.29, 1.82) is 0 Å². The second-order valence-electron chi connectivity index (χ2n) is 2.19. The van der Waals surface area contributed by atoms with Crippen LogP contribution in [0.5, 0.6) is 0 Å². The fraction of sp³-hybridized carbons (Fsp3) is 1.00. The van der Waals surface area contributed by atoms with Gasteiger partial charge in [-0.25, -0.2) is 4.39 Å². The average molecular weight is 334 g/mol. The Labute approximate surface area is 89.5 Å². The van der Waals surface area contributed by atoms with Gasteiger partial charge in [0.2, 0.25) is 0 Å². The average Bonchev–Trinajstić information content (AvgIpc) is 1.84. The monoisotopic (exact) mass is 332 g/mol. The van der Waals surface area contributed by atoms with E-state index >= 15 is 0 Å². The summed E-state index contributed by atoms with van der Waals surface area (Å²) >= 11 is 9.47. The first-order chi connectivity index (χ1) is 5.20. The van der Waals surface area contributed by atoms with Crippen LogP contribution in [-0.4, -0.2) is 26.5 Å². The molecule has 0 aromatic carbocycles. The predicted octanol–water partition coefficient (Wildman–Crippen LogP) is 3.02. The van der Waals surface area contributed by atoms with E-state index in [1.807, 2.05) is 15.9 Å². The molecular formula is C5H6Br2ClF3O. The van der Waals surface area contributed by atoms with Crippen molar-refractivity contribution in [2.24, 2.45) is 0 Å². The smallest absolute Gasteiger partial charge is 0.348 e. The molecule has 0 spiro atoms. The zero-order valence-corrected chi connectivity index (χ0v) is 9.63. The van der Waals surface area contributed by atoms with E-state index in [2.05, 4.69) is 15.9 Å². The molecule has 0 aromatic heterocycles. The summed E-state index contributed by atoms with van der Waals surface area (Å²) in [5.74, 6) is 0. The van der Waals surface area contributed by atoms with Crippen molar-refractivity contribution in [3.63, 3.8) is 0 Å². The SMILES string of the molecule is OC[C@@H](Br)C[C@](F)(Cl)C(F)(F)Br. The molecule has 0 radical (unpaired) electrons. The van der Waals surface area contributed by atoms with Crippen LogP contribution in [0.2, 0.25) is 0 Å².